The maximum absolute atomic E-state index is 11.0. The Morgan fingerprint density at radius 1 is 1.32 bits per heavy atom. The predicted octanol–water partition coefficient (Wildman–Crippen LogP) is 2.19. The first-order chi connectivity index (χ1) is 9.11. The molecule has 0 spiro atoms. The zero-order valence-corrected chi connectivity index (χ0v) is 10.6. The molecule has 0 aliphatic rings. The van der Waals surface area contributed by atoms with Gasteiger partial charge in [-0.25, -0.2) is 9.97 Å². The van der Waals surface area contributed by atoms with Gasteiger partial charge in [0.2, 0.25) is 5.95 Å². The van der Waals surface area contributed by atoms with Crippen LogP contribution in [0, 0.1) is 17.0 Å². The highest BCUT2D eigenvalue weighted by Crippen LogP contribution is 2.27. The first kappa shape index (κ1) is 12.9. The average Bonchev–Trinajstić information content (AvgIpc) is 2.39. The van der Waals surface area contributed by atoms with Crippen molar-refractivity contribution in [3.05, 3.63) is 40.3 Å². The van der Waals surface area contributed by atoms with E-state index in [4.69, 9.17) is 0 Å². The second kappa shape index (κ2) is 5.38. The first-order valence-corrected chi connectivity index (χ1v) is 5.80. The number of nitrogens with one attached hydrogen (secondary N) is 1. The summed E-state index contributed by atoms with van der Waals surface area (Å²) >= 11 is 0. The van der Waals surface area contributed by atoms with Crippen molar-refractivity contribution in [3.63, 3.8) is 0 Å². The van der Waals surface area contributed by atoms with E-state index in [0.29, 0.717) is 18.1 Å². The molecule has 0 radical (unpaired) electrons. The van der Waals surface area contributed by atoms with E-state index in [1.807, 2.05) is 13.8 Å². The van der Waals surface area contributed by atoms with Crippen molar-refractivity contribution in [3.8, 4) is 11.3 Å². The molecule has 7 nitrogen and oxygen atoms in total. The van der Waals surface area contributed by atoms with Gasteiger partial charge in [0, 0.05) is 24.0 Å². The molecule has 0 saturated heterocycles. The van der Waals surface area contributed by atoms with Gasteiger partial charge < -0.3 is 5.32 Å². The van der Waals surface area contributed by atoms with Crippen LogP contribution >= 0.6 is 0 Å². The molecule has 98 valence electrons. The van der Waals surface area contributed by atoms with Crippen LogP contribution in [0.1, 0.15) is 12.6 Å². The van der Waals surface area contributed by atoms with Crippen molar-refractivity contribution >= 4 is 11.6 Å². The van der Waals surface area contributed by atoms with E-state index in [9.17, 15) is 10.1 Å². The van der Waals surface area contributed by atoms with Crippen LogP contribution in [0.4, 0.5) is 11.6 Å². The number of pyridine rings is 1. The minimum absolute atomic E-state index is 0.132. The van der Waals surface area contributed by atoms with Crippen molar-refractivity contribution in [2.75, 3.05) is 11.9 Å². The van der Waals surface area contributed by atoms with E-state index >= 15 is 0 Å². The molecule has 2 rings (SSSR count). The maximum Gasteiger partial charge on any atom is 0.313 e. The Kier molecular flexibility index (Phi) is 3.65. The number of aryl methyl sites for hydroxylation is 1. The van der Waals surface area contributed by atoms with Crippen LogP contribution in [0.3, 0.4) is 0 Å². The number of nitrogens with zero attached hydrogens (tertiary/aromatic N) is 4. The summed E-state index contributed by atoms with van der Waals surface area (Å²) in [5.41, 5.74) is 1.57. The largest absolute Gasteiger partial charge is 0.354 e. The van der Waals surface area contributed by atoms with Crippen LogP contribution in [0.25, 0.3) is 11.3 Å². The topological polar surface area (TPSA) is 93.8 Å². The van der Waals surface area contributed by atoms with Crippen LogP contribution in [0.2, 0.25) is 0 Å². The summed E-state index contributed by atoms with van der Waals surface area (Å²) in [6, 6.07) is 3.54. The molecule has 7 heteroatoms. The lowest BCUT2D eigenvalue weighted by atomic mass is 10.1. The molecular weight excluding hydrogens is 246 g/mol. The van der Waals surface area contributed by atoms with Gasteiger partial charge in [-0.1, -0.05) is 0 Å². The average molecular weight is 259 g/mol. The van der Waals surface area contributed by atoms with Gasteiger partial charge in [0.15, 0.2) is 5.69 Å². The van der Waals surface area contributed by atoms with E-state index in [2.05, 4.69) is 20.3 Å². The highest BCUT2D eigenvalue weighted by Gasteiger charge is 2.18. The summed E-state index contributed by atoms with van der Waals surface area (Å²) in [6.45, 7) is 4.39. The molecule has 2 aromatic heterocycles. The van der Waals surface area contributed by atoms with Crippen LogP contribution in [0.15, 0.2) is 24.5 Å². The highest BCUT2D eigenvalue weighted by atomic mass is 16.6. The maximum atomic E-state index is 11.0. The molecule has 0 fully saturated rings. The molecule has 0 aliphatic heterocycles. The smallest absolute Gasteiger partial charge is 0.313 e. The molecule has 0 aliphatic carbocycles. The summed E-state index contributed by atoms with van der Waals surface area (Å²) in [4.78, 5) is 22.7. The van der Waals surface area contributed by atoms with Gasteiger partial charge in [-0.2, -0.15) is 0 Å². The molecule has 2 heterocycles. The van der Waals surface area contributed by atoms with Crippen molar-refractivity contribution in [1.82, 2.24) is 15.0 Å². The summed E-state index contributed by atoms with van der Waals surface area (Å²) in [5.74, 6) is 0.365. The SMILES string of the molecule is CCNc1ncc([N+](=O)[O-])c(-c2ccc(C)nc2)n1. The summed E-state index contributed by atoms with van der Waals surface area (Å²) < 4.78 is 0. The zero-order valence-electron chi connectivity index (χ0n) is 10.6. The quantitative estimate of drug-likeness (QED) is 0.668. The Hall–Kier alpha value is -2.57. The second-order valence-electron chi connectivity index (χ2n) is 3.90. The van der Waals surface area contributed by atoms with Crippen LogP contribution in [-0.4, -0.2) is 26.4 Å². The number of nitro groups is 1. The van der Waals surface area contributed by atoms with Crippen molar-refractivity contribution < 1.29 is 4.92 Å². The van der Waals surface area contributed by atoms with Crippen molar-refractivity contribution in [2.24, 2.45) is 0 Å². The Bertz CT molecular complexity index is 598. The van der Waals surface area contributed by atoms with Gasteiger partial charge in [-0.05, 0) is 26.0 Å². The van der Waals surface area contributed by atoms with Crippen LogP contribution in [-0.2, 0) is 0 Å². The third-order valence-corrected chi connectivity index (χ3v) is 2.49. The van der Waals surface area contributed by atoms with Crippen molar-refractivity contribution in [2.45, 2.75) is 13.8 Å². The predicted molar refractivity (Wildman–Crippen MR) is 70.8 cm³/mol. The molecule has 19 heavy (non-hydrogen) atoms. The minimum atomic E-state index is -0.495. The number of hydrogen-bond acceptors (Lipinski definition) is 6. The number of anilines is 1. The van der Waals surface area contributed by atoms with E-state index in [1.165, 1.54) is 6.20 Å². The molecule has 2 aromatic rings. The lowest BCUT2D eigenvalue weighted by Gasteiger charge is -2.05. The van der Waals surface area contributed by atoms with E-state index in [1.54, 1.807) is 18.3 Å². The Morgan fingerprint density at radius 3 is 2.68 bits per heavy atom. The van der Waals surface area contributed by atoms with Gasteiger partial charge in [-0.3, -0.25) is 15.1 Å². The minimum Gasteiger partial charge on any atom is -0.354 e. The molecule has 0 aromatic carbocycles. The van der Waals surface area contributed by atoms with E-state index < -0.39 is 4.92 Å². The lowest BCUT2D eigenvalue weighted by Crippen LogP contribution is -2.05. The van der Waals surface area contributed by atoms with Crippen LogP contribution < -0.4 is 5.32 Å². The summed E-state index contributed by atoms with van der Waals surface area (Å²) in [5, 5.41) is 13.9. The first-order valence-electron chi connectivity index (χ1n) is 5.80. The normalized spacial score (nSPS) is 10.2. The Labute approximate surface area is 109 Å². The standard InChI is InChI=1S/C12H13N5O2/c1-3-13-12-15-7-10(17(18)19)11(16-12)9-5-4-8(2)14-6-9/h4-7H,3H2,1-2H3,(H,13,15,16). The fourth-order valence-corrected chi connectivity index (χ4v) is 1.57. The Morgan fingerprint density at radius 2 is 2.11 bits per heavy atom. The molecule has 0 saturated carbocycles. The van der Waals surface area contributed by atoms with Gasteiger partial charge in [-0.15, -0.1) is 0 Å². The summed E-state index contributed by atoms with van der Waals surface area (Å²) in [7, 11) is 0. The van der Waals surface area contributed by atoms with E-state index in [-0.39, 0.29) is 11.4 Å². The summed E-state index contributed by atoms with van der Waals surface area (Å²) in [6.07, 6.45) is 2.78. The Balaban J connectivity index is 2.54. The number of aromatic nitrogens is 3. The third kappa shape index (κ3) is 2.82. The molecular formula is C12H13N5O2. The fraction of sp³-hybridized carbons (Fsp3) is 0.250. The van der Waals surface area contributed by atoms with E-state index in [0.717, 1.165) is 5.69 Å². The van der Waals surface area contributed by atoms with Gasteiger partial charge in [0.1, 0.15) is 6.20 Å². The second-order valence-corrected chi connectivity index (χ2v) is 3.90. The zero-order chi connectivity index (χ0) is 13.8. The molecule has 0 atom stereocenters. The molecule has 0 amide bonds. The fourth-order valence-electron chi connectivity index (χ4n) is 1.57. The molecule has 0 bridgehead atoms. The number of rotatable bonds is 4. The van der Waals surface area contributed by atoms with Crippen LogP contribution in [0.5, 0.6) is 0 Å². The third-order valence-electron chi connectivity index (χ3n) is 2.49. The highest BCUT2D eigenvalue weighted by molar-refractivity contribution is 5.69. The molecule has 1 N–H and O–H groups in total. The van der Waals surface area contributed by atoms with Crippen molar-refractivity contribution in [1.29, 1.82) is 0 Å². The lowest BCUT2D eigenvalue weighted by molar-refractivity contribution is -0.384. The number of hydrogen-bond donors (Lipinski definition) is 1. The molecule has 0 unspecified atom stereocenters. The van der Waals surface area contributed by atoms with Gasteiger partial charge >= 0.3 is 5.69 Å². The van der Waals surface area contributed by atoms with Gasteiger partial charge in [0.05, 0.1) is 4.92 Å². The monoisotopic (exact) mass is 259 g/mol. The van der Waals surface area contributed by atoms with Gasteiger partial charge in [0.25, 0.3) is 0 Å².